The molecule has 2 aromatic carbocycles. The van der Waals surface area contributed by atoms with Gasteiger partial charge in [-0.05, 0) is 23.7 Å². The lowest BCUT2D eigenvalue weighted by molar-refractivity contribution is -0.139. The smallest absolute Gasteiger partial charge is 0.462 e. The van der Waals surface area contributed by atoms with Crippen molar-refractivity contribution < 1.29 is 27.7 Å². The summed E-state index contributed by atoms with van der Waals surface area (Å²) < 4.78 is 16.4. The van der Waals surface area contributed by atoms with Crippen LogP contribution in [0.25, 0.3) is 0 Å². The Bertz CT molecular complexity index is 744. The van der Waals surface area contributed by atoms with E-state index in [-0.39, 0.29) is 12.7 Å². The third kappa shape index (κ3) is 5.71. The van der Waals surface area contributed by atoms with Crippen molar-refractivity contribution in [2.75, 3.05) is 13.7 Å². The molecule has 0 heterocycles. The number of carbonyl (C=O) groups excluding carboxylic acids is 1. The summed E-state index contributed by atoms with van der Waals surface area (Å²) in [7, 11) is -6.06. The van der Waals surface area contributed by atoms with E-state index in [4.69, 9.17) is 13.3 Å². The molecule has 0 aliphatic rings. The fraction of sp³-hybridized carbons (Fsp3) is 0.250. The molecular weight excluding hydrogens is 392 g/mol. The van der Waals surface area contributed by atoms with Gasteiger partial charge in [-0.3, -0.25) is 0 Å². The second-order valence-electron chi connectivity index (χ2n) is 6.41. The molecule has 6 nitrogen and oxygen atoms in total. The number of ether oxygens (including phenoxy) is 1. The summed E-state index contributed by atoms with van der Waals surface area (Å²) in [6.07, 6.45) is 0.337. The van der Waals surface area contributed by atoms with Crippen LogP contribution in [-0.2, 0) is 18.1 Å². The molecule has 2 aromatic rings. The highest BCUT2D eigenvalue weighted by Crippen LogP contribution is 2.18. The standard InChI is InChI=1S/C20H26O6Si2/c1-17(2)20(21)25-15-10-16-27(22,24-3)26-28(23,18-11-6-4-7-12-18)19-13-8-5-9-14-19/h4-9,11-14,22-23H,1,10,15-16H2,2-3H3. The molecule has 8 heteroatoms. The van der Waals surface area contributed by atoms with Crippen molar-refractivity contribution in [1.29, 1.82) is 0 Å². The topological polar surface area (TPSA) is 85.2 Å². The van der Waals surface area contributed by atoms with Gasteiger partial charge in [0.1, 0.15) is 0 Å². The summed E-state index contributed by atoms with van der Waals surface area (Å²) in [5.41, 5.74) is 0.311. The van der Waals surface area contributed by atoms with Gasteiger partial charge in [-0.2, -0.15) is 0 Å². The van der Waals surface area contributed by atoms with Gasteiger partial charge >= 0.3 is 23.3 Å². The molecule has 28 heavy (non-hydrogen) atoms. The summed E-state index contributed by atoms with van der Waals surface area (Å²) >= 11 is 0. The SMILES string of the molecule is C=C(C)C(=O)OCCC[Si](O)(OC)O[Si](O)(c1ccccc1)c1ccccc1. The first-order valence-electron chi connectivity index (χ1n) is 8.94. The average Bonchev–Trinajstić information content (AvgIpc) is 2.72. The Morgan fingerprint density at radius 3 is 1.93 bits per heavy atom. The third-order valence-corrected chi connectivity index (χ3v) is 10.5. The summed E-state index contributed by atoms with van der Waals surface area (Å²) in [4.78, 5) is 34.0. The predicted molar refractivity (Wildman–Crippen MR) is 111 cm³/mol. The maximum atomic E-state index is 11.6. The molecule has 150 valence electrons. The lowest BCUT2D eigenvalue weighted by atomic mass is 10.4. The second-order valence-corrected chi connectivity index (χ2v) is 12.0. The molecule has 0 bridgehead atoms. The summed E-state index contributed by atoms with van der Waals surface area (Å²) in [5.74, 6) is -0.483. The van der Waals surface area contributed by atoms with Gasteiger partial charge in [-0.25, -0.2) is 4.79 Å². The summed E-state index contributed by atoms with van der Waals surface area (Å²) in [6.45, 7) is 5.19. The van der Waals surface area contributed by atoms with Gasteiger partial charge in [0, 0.05) is 18.7 Å². The van der Waals surface area contributed by atoms with Crippen molar-refractivity contribution in [3.05, 3.63) is 72.8 Å². The molecule has 0 aliphatic heterocycles. The first kappa shape index (κ1) is 22.2. The van der Waals surface area contributed by atoms with E-state index in [1.165, 1.54) is 7.11 Å². The summed E-state index contributed by atoms with van der Waals surface area (Å²) in [6, 6.07) is 18.2. The van der Waals surface area contributed by atoms with E-state index in [1.807, 2.05) is 36.4 Å². The Morgan fingerprint density at radius 1 is 1.00 bits per heavy atom. The van der Waals surface area contributed by atoms with E-state index >= 15 is 0 Å². The van der Waals surface area contributed by atoms with Crippen LogP contribution in [0.15, 0.2) is 72.8 Å². The maximum Gasteiger partial charge on any atom is 0.489 e. The molecule has 2 N–H and O–H groups in total. The average molecular weight is 419 g/mol. The van der Waals surface area contributed by atoms with Crippen LogP contribution in [0.1, 0.15) is 13.3 Å². The van der Waals surface area contributed by atoms with Gasteiger partial charge in [0.15, 0.2) is 0 Å². The number of hydrogen-bond donors (Lipinski definition) is 2. The van der Waals surface area contributed by atoms with Gasteiger partial charge in [-0.1, -0.05) is 67.2 Å². The number of esters is 1. The van der Waals surface area contributed by atoms with Crippen LogP contribution in [0.2, 0.25) is 6.04 Å². The van der Waals surface area contributed by atoms with Gasteiger partial charge in [-0.15, -0.1) is 0 Å². The molecular formula is C20H26O6Si2. The minimum Gasteiger partial charge on any atom is -0.462 e. The largest absolute Gasteiger partial charge is 0.489 e. The molecule has 0 saturated heterocycles. The minimum atomic E-state index is -3.73. The zero-order valence-electron chi connectivity index (χ0n) is 16.1. The highest BCUT2D eigenvalue weighted by molar-refractivity contribution is 6.95. The zero-order chi connectivity index (χ0) is 20.6. The van der Waals surface area contributed by atoms with E-state index < -0.39 is 23.3 Å². The molecule has 0 saturated carbocycles. The first-order valence-corrected chi connectivity index (χ1v) is 12.8. The van der Waals surface area contributed by atoms with Crippen LogP contribution in [-0.4, -0.2) is 46.6 Å². The number of rotatable bonds is 10. The lowest BCUT2D eigenvalue weighted by Gasteiger charge is -2.33. The monoisotopic (exact) mass is 418 g/mol. The number of carbonyl (C=O) groups is 1. The Kier molecular flexibility index (Phi) is 7.87. The Hall–Kier alpha value is -2.08. The molecule has 1 unspecified atom stereocenters. The van der Waals surface area contributed by atoms with E-state index in [1.54, 1.807) is 31.2 Å². The van der Waals surface area contributed by atoms with Crippen LogP contribution in [0.5, 0.6) is 0 Å². The fourth-order valence-corrected chi connectivity index (χ4v) is 8.57. The lowest BCUT2D eigenvalue weighted by Crippen LogP contribution is -2.67. The maximum absolute atomic E-state index is 11.6. The zero-order valence-corrected chi connectivity index (χ0v) is 18.1. The molecule has 0 amide bonds. The highest BCUT2D eigenvalue weighted by atomic mass is 28.5. The van der Waals surface area contributed by atoms with Crippen molar-refractivity contribution in [2.45, 2.75) is 19.4 Å². The molecule has 0 fully saturated rings. The Labute approximate surface area is 167 Å². The van der Waals surface area contributed by atoms with Crippen molar-refractivity contribution in [1.82, 2.24) is 0 Å². The van der Waals surface area contributed by atoms with Crippen molar-refractivity contribution in [2.24, 2.45) is 0 Å². The van der Waals surface area contributed by atoms with Gasteiger partial charge in [0.25, 0.3) is 0 Å². The van der Waals surface area contributed by atoms with Gasteiger partial charge < -0.3 is 22.9 Å². The third-order valence-electron chi connectivity index (χ3n) is 4.17. The Balaban J connectivity index is 2.19. The van der Waals surface area contributed by atoms with Crippen molar-refractivity contribution in [3.63, 3.8) is 0 Å². The van der Waals surface area contributed by atoms with Crippen LogP contribution >= 0.6 is 0 Å². The van der Waals surface area contributed by atoms with E-state index in [0.717, 1.165) is 0 Å². The van der Waals surface area contributed by atoms with Crippen LogP contribution in [0.4, 0.5) is 0 Å². The van der Waals surface area contributed by atoms with Crippen molar-refractivity contribution >= 4 is 33.7 Å². The normalized spacial score (nSPS) is 13.6. The van der Waals surface area contributed by atoms with Gasteiger partial charge in [0.05, 0.1) is 6.61 Å². The highest BCUT2D eigenvalue weighted by Gasteiger charge is 2.49. The van der Waals surface area contributed by atoms with Crippen LogP contribution in [0, 0.1) is 0 Å². The van der Waals surface area contributed by atoms with Crippen LogP contribution < -0.4 is 10.4 Å². The van der Waals surface area contributed by atoms with Crippen LogP contribution in [0.3, 0.4) is 0 Å². The van der Waals surface area contributed by atoms with E-state index in [0.29, 0.717) is 22.4 Å². The van der Waals surface area contributed by atoms with Gasteiger partial charge in [0.2, 0.25) is 0 Å². The summed E-state index contributed by atoms with van der Waals surface area (Å²) in [5, 5.41) is 1.22. The molecule has 0 aromatic heterocycles. The fourth-order valence-electron chi connectivity index (χ4n) is 2.62. The predicted octanol–water partition coefficient (Wildman–Crippen LogP) is 1.34. The molecule has 1 atom stereocenters. The quantitative estimate of drug-likeness (QED) is 0.262. The molecule has 2 rings (SSSR count). The van der Waals surface area contributed by atoms with Crippen molar-refractivity contribution in [3.8, 4) is 0 Å². The molecule has 0 spiro atoms. The first-order chi connectivity index (χ1) is 13.3. The second kappa shape index (κ2) is 9.92. The molecule has 0 radical (unpaired) electrons. The molecule has 0 aliphatic carbocycles. The Morgan fingerprint density at radius 2 is 1.50 bits per heavy atom. The van der Waals surface area contributed by atoms with E-state index in [2.05, 4.69) is 6.58 Å². The minimum absolute atomic E-state index is 0.102. The van der Waals surface area contributed by atoms with E-state index in [9.17, 15) is 14.4 Å². The number of hydrogen-bond acceptors (Lipinski definition) is 6. The number of benzene rings is 2.